The van der Waals surface area contributed by atoms with Gasteiger partial charge in [-0.05, 0) is 93.1 Å². The van der Waals surface area contributed by atoms with Gasteiger partial charge >= 0.3 is 0 Å². The lowest BCUT2D eigenvalue weighted by Crippen LogP contribution is -2.43. The number of hydrogen-bond donors (Lipinski definition) is 0. The molecule has 0 saturated carbocycles. The topological polar surface area (TPSA) is 15.7 Å². The minimum Gasteiger partial charge on any atom is -0.327 e. The van der Waals surface area contributed by atoms with Crippen molar-refractivity contribution in [3.8, 4) is 0 Å². The van der Waals surface area contributed by atoms with Crippen LogP contribution in [0.1, 0.15) is 81.6 Å². The normalized spacial score (nSPS) is 18.9. The fourth-order valence-electron chi connectivity index (χ4n) is 3.84. The van der Waals surface area contributed by atoms with Crippen LogP contribution >= 0.6 is 8.45 Å². The van der Waals surface area contributed by atoms with E-state index in [1.54, 1.807) is 0 Å². The molecule has 1 atom stereocenters. The van der Waals surface area contributed by atoms with Crippen molar-refractivity contribution >= 4 is 8.45 Å². The Balaban J connectivity index is 2.94. The third kappa shape index (κ3) is 6.75. The summed E-state index contributed by atoms with van der Waals surface area (Å²) in [5, 5.41) is 0. The van der Waals surface area contributed by atoms with Crippen molar-refractivity contribution in [1.29, 1.82) is 0 Å². The highest BCUT2D eigenvalue weighted by molar-refractivity contribution is 7.47. The first-order chi connectivity index (χ1) is 12.1. The van der Waals surface area contributed by atoms with Gasteiger partial charge in [-0.15, -0.1) is 0 Å². The third-order valence-electron chi connectivity index (χ3n) is 5.08. The second-order valence-corrected chi connectivity index (χ2v) is 10.5. The van der Waals surface area contributed by atoms with Crippen molar-refractivity contribution in [2.75, 3.05) is 6.61 Å². The highest BCUT2D eigenvalue weighted by Gasteiger charge is 2.34. The van der Waals surface area contributed by atoms with E-state index in [0.717, 1.165) is 19.4 Å². The van der Waals surface area contributed by atoms with Crippen LogP contribution < -0.4 is 0 Å². The van der Waals surface area contributed by atoms with Gasteiger partial charge in [0.15, 0.2) is 8.45 Å². The summed E-state index contributed by atoms with van der Waals surface area (Å²) in [5.41, 5.74) is 2.79. The quantitative estimate of drug-likeness (QED) is 0.306. The molecule has 0 radical (unpaired) electrons. The van der Waals surface area contributed by atoms with Crippen molar-refractivity contribution in [2.45, 2.75) is 106 Å². The number of allylic oxidation sites excluding steroid dienone is 2. The molecule has 0 fully saturated rings. The molecule has 4 heteroatoms. The molecule has 26 heavy (non-hydrogen) atoms. The first kappa shape index (κ1) is 23.8. The van der Waals surface area contributed by atoms with E-state index in [4.69, 9.17) is 4.52 Å². The average molecular weight is 383 g/mol. The molecular weight excluding hydrogens is 339 g/mol. The van der Waals surface area contributed by atoms with E-state index >= 15 is 0 Å². The lowest BCUT2D eigenvalue weighted by molar-refractivity contribution is 0.193. The Bertz CT molecular complexity index is 435. The third-order valence-corrected chi connectivity index (χ3v) is 8.08. The van der Waals surface area contributed by atoms with Crippen molar-refractivity contribution in [1.82, 2.24) is 9.34 Å². The van der Waals surface area contributed by atoms with E-state index < -0.39 is 8.45 Å². The van der Waals surface area contributed by atoms with Gasteiger partial charge in [-0.25, -0.2) is 9.34 Å². The van der Waals surface area contributed by atoms with Crippen LogP contribution in [0.4, 0.5) is 0 Å². The summed E-state index contributed by atoms with van der Waals surface area (Å²) in [6, 6.07) is 1.87. The first-order valence-electron chi connectivity index (χ1n) is 10.4. The molecule has 152 valence electrons. The summed E-state index contributed by atoms with van der Waals surface area (Å²) in [5.74, 6) is 0.658. The van der Waals surface area contributed by atoms with Crippen LogP contribution in [0.3, 0.4) is 0 Å². The van der Waals surface area contributed by atoms with E-state index in [2.05, 4.69) is 84.3 Å². The van der Waals surface area contributed by atoms with Crippen molar-refractivity contribution in [3.63, 3.8) is 0 Å². The van der Waals surface area contributed by atoms with Gasteiger partial charge in [0.2, 0.25) is 0 Å². The monoisotopic (exact) mass is 382 g/mol. The second-order valence-electron chi connectivity index (χ2n) is 8.84. The fourth-order valence-corrected chi connectivity index (χ4v) is 6.21. The molecule has 0 aromatic carbocycles. The minimum absolute atomic E-state index is 0.467. The molecule has 0 aromatic heterocycles. The average Bonchev–Trinajstić information content (AvgIpc) is 2.51. The molecule has 0 heterocycles. The van der Waals surface area contributed by atoms with Gasteiger partial charge < -0.3 is 4.52 Å². The standard InChI is InChI=1S/C22H43N2OP/c1-16(2)22-13-11-21(12-14-22)15-25-26(23(17(3)4)18(5)6)24(19(7)8)20(9)10/h11,17-20,22H,1,12-15H2,2-10H3/t22-/m1/s1. The molecule has 0 amide bonds. The zero-order valence-corrected chi connectivity index (χ0v) is 19.6. The van der Waals surface area contributed by atoms with E-state index in [1.165, 1.54) is 17.6 Å². The summed E-state index contributed by atoms with van der Waals surface area (Å²) >= 11 is 0. The molecule has 0 unspecified atom stereocenters. The van der Waals surface area contributed by atoms with E-state index in [-0.39, 0.29) is 0 Å². The van der Waals surface area contributed by atoms with Gasteiger partial charge in [-0.1, -0.05) is 18.2 Å². The summed E-state index contributed by atoms with van der Waals surface area (Å²) < 4.78 is 11.8. The largest absolute Gasteiger partial charge is 0.327 e. The van der Waals surface area contributed by atoms with Crippen molar-refractivity contribution < 1.29 is 4.52 Å². The van der Waals surface area contributed by atoms with Gasteiger partial charge in [-0.3, -0.25) is 0 Å². The summed E-state index contributed by atoms with van der Waals surface area (Å²) in [6.07, 6.45) is 5.90. The molecule has 0 aromatic rings. The Hall–Kier alpha value is -0.210. The maximum Gasteiger partial charge on any atom is 0.189 e. The fraction of sp³-hybridized carbons (Fsp3) is 0.818. The first-order valence-corrected chi connectivity index (χ1v) is 11.6. The molecule has 1 aliphatic rings. The molecule has 0 aliphatic heterocycles. The lowest BCUT2D eigenvalue weighted by Gasteiger charge is -2.45. The smallest absolute Gasteiger partial charge is 0.189 e. The molecule has 0 spiro atoms. The molecular formula is C22H43N2OP. The van der Waals surface area contributed by atoms with Gasteiger partial charge in [0.05, 0.1) is 6.61 Å². The van der Waals surface area contributed by atoms with Crippen LogP contribution in [-0.2, 0) is 4.52 Å². The number of hydrogen-bond acceptors (Lipinski definition) is 3. The van der Waals surface area contributed by atoms with Crippen LogP contribution in [0.2, 0.25) is 0 Å². The molecule has 3 nitrogen and oxygen atoms in total. The maximum absolute atomic E-state index is 6.67. The summed E-state index contributed by atoms with van der Waals surface area (Å²) in [6.45, 7) is 25.3. The Morgan fingerprint density at radius 3 is 1.81 bits per heavy atom. The van der Waals surface area contributed by atoms with Gasteiger partial charge in [0, 0.05) is 24.2 Å². The predicted molar refractivity (Wildman–Crippen MR) is 117 cm³/mol. The van der Waals surface area contributed by atoms with Gasteiger partial charge in [-0.2, -0.15) is 0 Å². The summed E-state index contributed by atoms with van der Waals surface area (Å²) in [4.78, 5) is 0. The van der Waals surface area contributed by atoms with E-state index in [1.807, 2.05) is 0 Å². The molecule has 0 N–H and O–H groups in total. The van der Waals surface area contributed by atoms with Gasteiger partial charge in [0.25, 0.3) is 0 Å². The van der Waals surface area contributed by atoms with Gasteiger partial charge in [0.1, 0.15) is 0 Å². The van der Waals surface area contributed by atoms with Crippen molar-refractivity contribution in [3.05, 3.63) is 23.8 Å². The Morgan fingerprint density at radius 2 is 1.50 bits per heavy atom. The van der Waals surface area contributed by atoms with Crippen LogP contribution in [0.25, 0.3) is 0 Å². The SMILES string of the molecule is C=C(C)[C@@H]1CC=C(COP(N(C(C)C)C(C)C)N(C(C)C)C(C)C)CC1. The van der Waals surface area contributed by atoms with Crippen LogP contribution in [0.15, 0.2) is 23.8 Å². The Kier molecular flexibility index (Phi) is 10.0. The maximum atomic E-state index is 6.67. The molecule has 1 aliphatic carbocycles. The van der Waals surface area contributed by atoms with E-state index in [0.29, 0.717) is 30.1 Å². The highest BCUT2D eigenvalue weighted by atomic mass is 31.2. The van der Waals surface area contributed by atoms with Crippen LogP contribution in [0.5, 0.6) is 0 Å². The second kappa shape index (κ2) is 11.0. The Labute approximate surface area is 164 Å². The number of rotatable bonds is 10. The zero-order valence-electron chi connectivity index (χ0n) is 18.7. The Morgan fingerprint density at radius 1 is 1.04 bits per heavy atom. The predicted octanol–water partition coefficient (Wildman–Crippen LogP) is 6.77. The molecule has 0 saturated heterocycles. The van der Waals surface area contributed by atoms with Crippen molar-refractivity contribution in [2.24, 2.45) is 5.92 Å². The molecule has 1 rings (SSSR count). The van der Waals surface area contributed by atoms with Crippen LogP contribution in [0, 0.1) is 5.92 Å². The number of nitrogens with zero attached hydrogens (tertiary/aromatic N) is 2. The summed E-state index contributed by atoms with van der Waals surface area (Å²) in [7, 11) is -0.785. The highest BCUT2D eigenvalue weighted by Crippen LogP contribution is 2.51. The lowest BCUT2D eigenvalue weighted by atomic mass is 9.86. The molecule has 0 bridgehead atoms. The zero-order chi connectivity index (χ0) is 20.0. The van der Waals surface area contributed by atoms with E-state index in [9.17, 15) is 0 Å². The minimum atomic E-state index is -0.785. The van der Waals surface area contributed by atoms with Crippen LogP contribution in [-0.4, -0.2) is 40.1 Å².